The minimum absolute atomic E-state index is 0.0966. The fourth-order valence-corrected chi connectivity index (χ4v) is 4.45. The number of rotatable bonds is 2. The Labute approximate surface area is 213 Å². The van der Waals surface area contributed by atoms with Crippen LogP contribution in [0.1, 0.15) is 0 Å². The van der Waals surface area contributed by atoms with E-state index < -0.39 is 19.1 Å². The van der Waals surface area contributed by atoms with E-state index in [2.05, 4.69) is 62.7 Å². The van der Waals surface area contributed by atoms with Gasteiger partial charge in [-0.15, -0.1) is 0 Å². The van der Waals surface area contributed by atoms with Gasteiger partial charge in [0.1, 0.15) is 27.2 Å². The molecule has 11 nitrogen and oxygen atoms in total. The SMILES string of the molecule is Nc1ccc(Br)cn1.Nc1ncc(Br)cc1S(=O)(=O)Cl.Nc1ncc(Br)cc1S(N)(=O)=O. The van der Waals surface area contributed by atoms with E-state index in [1.54, 1.807) is 12.3 Å². The molecule has 3 heterocycles. The molecule has 3 aromatic rings. The van der Waals surface area contributed by atoms with Crippen molar-refractivity contribution < 1.29 is 16.8 Å². The van der Waals surface area contributed by atoms with Crippen LogP contribution in [0.15, 0.2) is 66.1 Å². The van der Waals surface area contributed by atoms with Crippen molar-refractivity contribution in [3.05, 3.63) is 56.3 Å². The molecular weight excluding hydrogens is 682 g/mol. The first-order chi connectivity index (χ1) is 14.6. The van der Waals surface area contributed by atoms with Gasteiger partial charge in [-0.1, -0.05) is 0 Å². The number of sulfonamides is 1. The summed E-state index contributed by atoms with van der Waals surface area (Å²) in [5.74, 6) is 0.349. The molecule has 17 heteroatoms. The molecular formula is C15H15Br3ClN7O4S2. The van der Waals surface area contributed by atoms with Crippen molar-refractivity contribution >= 4 is 95.0 Å². The Hall–Kier alpha value is -1.56. The molecule has 0 amide bonds. The quantitative estimate of drug-likeness (QED) is 0.288. The van der Waals surface area contributed by atoms with E-state index in [0.29, 0.717) is 14.8 Å². The van der Waals surface area contributed by atoms with Gasteiger partial charge < -0.3 is 17.2 Å². The Morgan fingerprint density at radius 3 is 1.47 bits per heavy atom. The zero-order valence-corrected chi connectivity index (χ0v) is 22.8. The van der Waals surface area contributed by atoms with E-state index in [9.17, 15) is 16.8 Å². The summed E-state index contributed by atoms with van der Waals surface area (Å²) in [6, 6.07) is 6.19. The number of hydrogen-bond donors (Lipinski definition) is 4. The molecule has 0 unspecified atom stereocenters. The third kappa shape index (κ3) is 9.93. The summed E-state index contributed by atoms with van der Waals surface area (Å²) in [6.45, 7) is 0. The van der Waals surface area contributed by atoms with Crippen LogP contribution >= 0.6 is 58.5 Å². The van der Waals surface area contributed by atoms with E-state index in [-0.39, 0.29) is 21.4 Å². The highest BCUT2D eigenvalue weighted by molar-refractivity contribution is 9.11. The Kier molecular flexibility index (Phi) is 10.7. The van der Waals surface area contributed by atoms with Crippen LogP contribution in [0.25, 0.3) is 0 Å². The molecule has 0 atom stereocenters. The predicted molar refractivity (Wildman–Crippen MR) is 133 cm³/mol. The predicted octanol–water partition coefficient (Wildman–Crippen LogP) is 2.85. The molecule has 3 aromatic heterocycles. The number of nitrogens with two attached hydrogens (primary N) is 4. The van der Waals surface area contributed by atoms with Gasteiger partial charge in [-0.05, 0) is 72.1 Å². The Morgan fingerprint density at radius 1 is 0.719 bits per heavy atom. The van der Waals surface area contributed by atoms with Gasteiger partial charge >= 0.3 is 0 Å². The molecule has 0 radical (unpaired) electrons. The van der Waals surface area contributed by atoms with Crippen molar-refractivity contribution in [2.75, 3.05) is 17.2 Å². The lowest BCUT2D eigenvalue weighted by molar-refractivity contribution is 0.597. The van der Waals surface area contributed by atoms with E-state index in [1.807, 2.05) is 6.07 Å². The third-order valence-corrected chi connectivity index (χ3v) is 6.64. The normalized spacial score (nSPS) is 10.9. The number of pyridine rings is 3. The minimum Gasteiger partial charge on any atom is -0.384 e. The number of aromatic nitrogens is 3. The molecule has 0 spiro atoms. The molecule has 174 valence electrons. The molecule has 3 rings (SSSR count). The van der Waals surface area contributed by atoms with Crippen LogP contribution in [0.2, 0.25) is 0 Å². The number of nitrogen functional groups attached to an aromatic ring is 3. The van der Waals surface area contributed by atoms with Crippen molar-refractivity contribution in [2.45, 2.75) is 9.79 Å². The molecule has 0 aromatic carbocycles. The lowest BCUT2D eigenvalue weighted by Gasteiger charge is -2.01. The highest BCUT2D eigenvalue weighted by Crippen LogP contribution is 2.23. The zero-order chi connectivity index (χ0) is 24.7. The summed E-state index contributed by atoms with van der Waals surface area (Å²) < 4.78 is 45.3. The Balaban J connectivity index is 0.000000245. The van der Waals surface area contributed by atoms with Crippen LogP contribution in [-0.4, -0.2) is 31.8 Å². The highest BCUT2D eigenvalue weighted by atomic mass is 79.9. The van der Waals surface area contributed by atoms with E-state index in [4.69, 9.17) is 33.0 Å². The summed E-state index contributed by atoms with van der Waals surface area (Å²) in [5.41, 5.74) is 15.9. The summed E-state index contributed by atoms with van der Waals surface area (Å²) in [7, 11) is -2.51. The standard InChI is InChI=1S/C5H4BrClN2O2S.C5H6BrN3O2S.C5H5BrN2/c6-3-1-4(12(7,10)11)5(8)9-2-3;6-3-1-4(12(8,10)11)5(7)9-2-3;6-4-1-2-5(7)8-3-4/h1-2H,(H2,8,9);1-2H,(H2,7,9)(H2,8,10,11);1-3H,(H2,7,8). The van der Waals surface area contributed by atoms with E-state index in [1.165, 1.54) is 24.5 Å². The van der Waals surface area contributed by atoms with Gasteiger partial charge in [-0.3, -0.25) is 0 Å². The van der Waals surface area contributed by atoms with Crippen molar-refractivity contribution in [3.63, 3.8) is 0 Å². The lowest BCUT2D eigenvalue weighted by atomic mass is 10.5. The van der Waals surface area contributed by atoms with Gasteiger partial charge in [-0.25, -0.2) is 36.9 Å². The average Bonchev–Trinajstić information content (AvgIpc) is 2.67. The van der Waals surface area contributed by atoms with E-state index in [0.717, 1.165) is 4.47 Å². The van der Waals surface area contributed by atoms with Gasteiger partial charge in [-0.2, -0.15) is 0 Å². The number of anilines is 3. The molecule has 0 saturated carbocycles. The number of hydrogen-bond acceptors (Lipinski definition) is 10. The van der Waals surface area contributed by atoms with Gasteiger partial charge in [0.25, 0.3) is 9.05 Å². The maximum Gasteiger partial charge on any atom is 0.265 e. The Morgan fingerprint density at radius 2 is 1.16 bits per heavy atom. The smallest absolute Gasteiger partial charge is 0.265 e. The Bertz CT molecular complexity index is 1190. The van der Waals surface area contributed by atoms with Crippen molar-refractivity contribution in [2.24, 2.45) is 5.14 Å². The maximum atomic E-state index is 10.8. The second kappa shape index (κ2) is 12.1. The summed E-state index contributed by atoms with van der Waals surface area (Å²) >= 11 is 9.33. The molecule has 0 bridgehead atoms. The van der Waals surface area contributed by atoms with Crippen molar-refractivity contribution in [1.82, 2.24) is 15.0 Å². The molecule has 8 N–H and O–H groups in total. The summed E-state index contributed by atoms with van der Waals surface area (Å²) in [4.78, 5) is 10.7. The van der Waals surface area contributed by atoms with Crippen LogP contribution < -0.4 is 22.3 Å². The summed E-state index contributed by atoms with van der Waals surface area (Å²) in [5, 5.41) is 4.86. The van der Waals surface area contributed by atoms with Gasteiger partial charge in [0, 0.05) is 42.7 Å². The third-order valence-electron chi connectivity index (χ3n) is 3.02. The maximum absolute atomic E-state index is 10.8. The molecule has 0 fully saturated rings. The first kappa shape index (κ1) is 28.5. The molecule has 0 aliphatic rings. The lowest BCUT2D eigenvalue weighted by Crippen LogP contribution is -2.15. The molecule has 0 aliphatic carbocycles. The second-order valence-electron chi connectivity index (χ2n) is 5.46. The molecule has 0 aliphatic heterocycles. The fraction of sp³-hybridized carbons (Fsp3) is 0. The van der Waals surface area contributed by atoms with Gasteiger partial charge in [0.05, 0.1) is 0 Å². The van der Waals surface area contributed by atoms with Crippen molar-refractivity contribution in [3.8, 4) is 0 Å². The monoisotopic (exact) mass is 693 g/mol. The minimum atomic E-state index is -3.80. The largest absolute Gasteiger partial charge is 0.384 e. The second-order valence-corrected chi connectivity index (χ2v) is 12.3. The van der Waals surface area contributed by atoms with Gasteiger partial charge in [0.15, 0.2) is 0 Å². The van der Waals surface area contributed by atoms with Crippen LogP contribution in [0.3, 0.4) is 0 Å². The van der Waals surface area contributed by atoms with E-state index >= 15 is 0 Å². The summed E-state index contributed by atoms with van der Waals surface area (Å²) in [6.07, 6.45) is 4.44. The number of nitrogens with zero attached hydrogens (tertiary/aromatic N) is 3. The fourth-order valence-electron chi connectivity index (χ4n) is 1.67. The number of halogens is 4. The number of primary sulfonamides is 1. The van der Waals surface area contributed by atoms with Crippen molar-refractivity contribution in [1.29, 1.82) is 0 Å². The van der Waals surface area contributed by atoms with Crippen LogP contribution in [0, 0.1) is 0 Å². The van der Waals surface area contributed by atoms with Gasteiger partial charge in [0.2, 0.25) is 10.0 Å². The van der Waals surface area contributed by atoms with Crippen LogP contribution in [0.4, 0.5) is 17.5 Å². The highest BCUT2D eigenvalue weighted by Gasteiger charge is 2.15. The molecule has 0 saturated heterocycles. The zero-order valence-electron chi connectivity index (χ0n) is 15.7. The van der Waals surface area contributed by atoms with Crippen LogP contribution in [0.5, 0.6) is 0 Å². The first-order valence-electron chi connectivity index (χ1n) is 7.77. The topological polar surface area (TPSA) is 211 Å². The average molecular weight is 697 g/mol. The molecule has 32 heavy (non-hydrogen) atoms. The first-order valence-corrected chi connectivity index (χ1v) is 14.0. The van der Waals surface area contributed by atoms with Crippen LogP contribution in [-0.2, 0) is 19.1 Å².